The van der Waals surface area contributed by atoms with Crippen LogP contribution in [0.2, 0.25) is 0 Å². The van der Waals surface area contributed by atoms with E-state index in [1.807, 2.05) is 0 Å². The second kappa shape index (κ2) is 5.61. The van der Waals surface area contributed by atoms with Gasteiger partial charge in [0.15, 0.2) is 0 Å². The van der Waals surface area contributed by atoms with Gasteiger partial charge >= 0.3 is 11.9 Å². The first-order chi connectivity index (χ1) is 9.04. The fraction of sp³-hybridized carbons (Fsp3) is 0.462. The van der Waals surface area contributed by atoms with Gasteiger partial charge in [0.2, 0.25) is 0 Å². The van der Waals surface area contributed by atoms with Gasteiger partial charge in [-0.3, -0.25) is 4.79 Å². The van der Waals surface area contributed by atoms with Crippen LogP contribution >= 0.6 is 11.8 Å². The molecule has 2 rings (SSSR count). The molecule has 0 aliphatic heterocycles. The second-order valence-corrected chi connectivity index (χ2v) is 5.73. The third-order valence-electron chi connectivity index (χ3n) is 3.21. The summed E-state index contributed by atoms with van der Waals surface area (Å²) in [7, 11) is 1.40. The van der Waals surface area contributed by atoms with Crippen molar-refractivity contribution in [3.8, 4) is 0 Å². The lowest BCUT2D eigenvalue weighted by Crippen LogP contribution is -2.13. The molecular weight excluding hydrogens is 266 g/mol. The van der Waals surface area contributed by atoms with E-state index < -0.39 is 5.97 Å². The predicted molar refractivity (Wildman–Crippen MR) is 70.2 cm³/mol. The number of ether oxygens (including phenoxy) is 1. The third-order valence-corrected chi connectivity index (χ3v) is 4.51. The summed E-state index contributed by atoms with van der Waals surface area (Å²) < 4.78 is 4.69. The zero-order chi connectivity index (χ0) is 13.9. The van der Waals surface area contributed by atoms with E-state index in [4.69, 9.17) is 9.84 Å². The standard InChI is InChI=1S/C13H15NO4S/c1-18-11(15)6-13(4-5-13)8-19-10-3-2-9(7-14-10)12(16)17/h2-3,7H,4-6,8H2,1H3,(H,16,17). The first-order valence-electron chi connectivity index (χ1n) is 5.94. The summed E-state index contributed by atoms with van der Waals surface area (Å²) in [5, 5.41) is 9.55. The van der Waals surface area contributed by atoms with E-state index in [1.165, 1.54) is 19.4 Å². The van der Waals surface area contributed by atoms with Crippen LogP contribution in [0.3, 0.4) is 0 Å². The van der Waals surface area contributed by atoms with E-state index in [-0.39, 0.29) is 16.9 Å². The number of nitrogens with zero attached hydrogens (tertiary/aromatic N) is 1. The Morgan fingerprint density at radius 1 is 1.47 bits per heavy atom. The van der Waals surface area contributed by atoms with Crippen LogP contribution < -0.4 is 0 Å². The largest absolute Gasteiger partial charge is 0.478 e. The highest BCUT2D eigenvalue weighted by Crippen LogP contribution is 2.51. The number of thioether (sulfide) groups is 1. The number of carbonyl (C=O) groups excluding carboxylic acids is 1. The van der Waals surface area contributed by atoms with Crippen LogP contribution in [0.4, 0.5) is 0 Å². The second-order valence-electron chi connectivity index (χ2n) is 4.73. The Labute approximate surface area is 115 Å². The highest BCUT2D eigenvalue weighted by Gasteiger charge is 2.44. The van der Waals surface area contributed by atoms with Crippen molar-refractivity contribution in [2.24, 2.45) is 5.41 Å². The van der Waals surface area contributed by atoms with Crippen molar-refractivity contribution < 1.29 is 19.4 Å². The number of hydrogen-bond donors (Lipinski definition) is 1. The minimum Gasteiger partial charge on any atom is -0.478 e. The molecule has 0 bridgehead atoms. The topological polar surface area (TPSA) is 76.5 Å². The Balaban J connectivity index is 1.88. The molecule has 1 fully saturated rings. The first-order valence-corrected chi connectivity index (χ1v) is 6.92. The number of pyridine rings is 1. The summed E-state index contributed by atoms with van der Waals surface area (Å²) in [6.07, 6.45) is 3.86. The Hall–Kier alpha value is -1.56. The summed E-state index contributed by atoms with van der Waals surface area (Å²) in [4.78, 5) is 26.1. The summed E-state index contributed by atoms with van der Waals surface area (Å²) in [5.74, 6) is -0.345. The number of rotatable bonds is 6. The fourth-order valence-corrected chi connectivity index (χ4v) is 2.88. The lowest BCUT2D eigenvalue weighted by atomic mass is 10.1. The molecule has 1 saturated carbocycles. The summed E-state index contributed by atoms with van der Waals surface area (Å²) >= 11 is 1.55. The maximum absolute atomic E-state index is 11.3. The molecule has 1 N–H and O–H groups in total. The molecule has 0 amide bonds. The number of carboxylic acid groups (broad SMARTS) is 1. The van der Waals surface area contributed by atoms with Gasteiger partial charge in [-0.05, 0) is 30.4 Å². The van der Waals surface area contributed by atoms with E-state index in [9.17, 15) is 9.59 Å². The van der Waals surface area contributed by atoms with Crippen LogP contribution in [0.5, 0.6) is 0 Å². The van der Waals surface area contributed by atoms with E-state index in [0.717, 1.165) is 23.6 Å². The van der Waals surface area contributed by atoms with Crippen molar-refractivity contribution in [3.63, 3.8) is 0 Å². The minimum atomic E-state index is -0.978. The molecule has 0 spiro atoms. The molecule has 1 heterocycles. The van der Waals surface area contributed by atoms with Crippen molar-refractivity contribution in [2.45, 2.75) is 24.3 Å². The normalized spacial score (nSPS) is 15.8. The monoisotopic (exact) mass is 281 g/mol. The predicted octanol–water partition coefficient (Wildman–Crippen LogP) is 2.22. The van der Waals surface area contributed by atoms with E-state index in [0.29, 0.717) is 6.42 Å². The van der Waals surface area contributed by atoms with Gasteiger partial charge in [-0.1, -0.05) is 0 Å². The average molecular weight is 281 g/mol. The van der Waals surface area contributed by atoms with Gasteiger partial charge in [-0.25, -0.2) is 9.78 Å². The molecule has 1 aromatic rings. The number of aromatic carboxylic acids is 1. The smallest absolute Gasteiger partial charge is 0.337 e. The Morgan fingerprint density at radius 2 is 2.21 bits per heavy atom. The van der Waals surface area contributed by atoms with E-state index >= 15 is 0 Å². The Kier molecular flexibility index (Phi) is 4.09. The molecule has 19 heavy (non-hydrogen) atoms. The number of methoxy groups -OCH3 is 1. The highest BCUT2D eigenvalue weighted by molar-refractivity contribution is 7.99. The average Bonchev–Trinajstić information content (AvgIpc) is 3.17. The third kappa shape index (κ3) is 3.70. The van der Waals surface area contributed by atoms with Crippen LogP contribution in [0, 0.1) is 5.41 Å². The maximum Gasteiger partial charge on any atom is 0.337 e. The van der Waals surface area contributed by atoms with Gasteiger partial charge in [0, 0.05) is 11.9 Å². The lowest BCUT2D eigenvalue weighted by molar-refractivity contribution is -0.141. The van der Waals surface area contributed by atoms with Crippen LogP contribution in [-0.4, -0.2) is 34.9 Å². The molecule has 0 atom stereocenters. The number of carbonyl (C=O) groups is 2. The van der Waals surface area contributed by atoms with Gasteiger partial charge in [-0.2, -0.15) is 0 Å². The van der Waals surface area contributed by atoms with E-state index in [2.05, 4.69) is 4.98 Å². The number of carboxylic acids is 1. The van der Waals surface area contributed by atoms with Crippen LogP contribution in [0.1, 0.15) is 29.6 Å². The molecule has 102 valence electrons. The Morgan fingerprint density at radius 3 is 2.68 bits per heavy atom. The molecule has 0 unspecified atom stereocenters. The zero-order valence-electron chi connectivity index (χ0n) is 10.6. The van der Waals surface area contributed by atoms with Gasteiger partial charge in [0.1, 0.15) is 0 Å². The summed E-state index contributed by atoms with van der Waals surface area (Å²) in [6, 6.07) is 3.24. The first kappa shape index (κ1) is 13.9. The molecule has 1 aliphatic rings. The molecule has 0 saturated heterocycles. The minimum absolute atomic E-state index is 0.0465. The highest BCUT2D eigenvalue weighted by atomic mass is 32.2. The van der Waals surface area contributed by atoms with E-state index in [1.54, 1.807) is 17.8 Å². The molecule has 0 radical (unpaired) electrons. The summed E-state index contributed by atoms with van der Waals surface area (Å²) in [6.45, 7) is 0. The molecule has 6 heteroatoms. The van der Waals surface area contributed by atoms with Crippen molar-refractivity contribution in [2.75, 3.05) is 12.9 Å². The number of esters is 1. The molecule has 1 aromatic heterocycles. The molecular formula is C13H15NO4S. The SMILES string of the molecule is COC(=O)CC1(CSc2ccc(C(=O)O)cn2)CC1. The number of hydrogen-bond acceptors (Lipinski definition) is 5. The molecule has 1 aliphatic carbocycles. The zero-order valence-corrected chi connectivity index (χ0v) is 11.4. The van der Waals surface area contributed by atoms with Crippen LogP contribution in [0.25, 0.3) is 0 Å². The van der Waals surface area contributed by atoms with Gasteiger partial charge in [0.05, 0.1) is 24.1 Å². The van der Waals surface area contributed by atoms with Gasteiger partial charge in [-0.15, -0.1) is 11.8 Å². The van der Waals surface area contributed by atoms with Crippen molar-refractivity contribution in [1.82, 2.24) is 4.98 Å². The van der Waals surface area contributed by atoms with Crippen LogP contribution in [0.15, 0.2) is 23.4 Å². The lowest BCUT2D eigenvalue weighted by Gasteiger charge is -2.12. The van der Waals surface area contributed by atoms with Gasteiger partial charge in [0.25, 0.3) is 0 Å². The van der Waals surface area contributed by atoms with Crippen molar-refractivity contribution in [1.29, 1.82) is 0 Å². The molecule has 0 aromatic carbocycles. The quantitative estimate of drug-likeness (QED) is 0.636. The number of aromatic nitrogens is 1. The fourth-order valence-electron chi connectivity index (χ4n) is 1.75. The maximum atomic E-state index is 11.3. The summed E-state index contributed by atoms with van der Waals surface area (Å²) in [5.41, 5.74) is 0.227. The van der Waals surface area contributed by atoms with Crippen LogP contribution in [-0.2, 0) is 9.53 Å². The molecule has 5 nitrogen and oxygen atoms in total. The van der Waals surface area contributed by atoms with Gasteiger partial charge < -0.3 is 9.84 Å². The Bertz CT molecular complexity index is 482. The van der Waals surface area contributed by atoms with Crippen molar-refractivity contribution in [3.05, 3.63) is 23.9 Å². The van der Waals surface area contributed by atoms with Crippen molar-refractivity contribution >= 4 is 23.7 Å².